The fourth-order valence-corrected chi connectivity index (χ4v) is 14.0. The van der Waals surface area contributed by atoms with Crippen LogP contribution in [0, 0.1) is 12.7 Å². The second-order valence-corrected chi connectivity index (χ2v) is 27.5. The van der Waals surface area contributed by atoms with Crippen LogP contribution in [-0.4, -0.2) is 146 Å². The van der Waals surface area contributed by atoms with Crippen molar-refractivity contribution in [1.29, 1.82) is 0 Å². The summed E-state index contributed by atoms with van der Waals surface area (Å²) in [4.78, 5) is 82.9. The Hall–Kier alpha value is -6.93. The molecule has 6 aromatic heterocycles. The van der Waals surface area contributed by atoms with Gasteiger partial charge in [-0.25, -0.2) is 34.3 Å². The highest BCUT2D eigenvalue weighted by atomic mass is 35.5. The second-order valence-electron chi connectivity index (χ2n) is 25.5. The minimum absolute atomic E-state index is 0. The van der Waals surface area contributed by atoms with E-state index in [2.05, 4.69) is 78.2 Å². The zero-order valence-electron chi connectivity index (χ0n) is 55.0. The minimum Gasteiger partial charge on any atom is -0.473 e. The normalized spacial score (nSPS) is 21.0. The number of likely N-dealkylation sites (N-methyl/N-ethyl adjacent to an activating group) is 1. The van der Waals surface area contributed by atoms with Gasteiger partial charge in [-0.15, -0.1) is 36.2 Å². The van der Waals surface area contributed by atoms with Crippen LogP contribution in [0.2, 0.25) is 10.3 Å². The molecule has 1 aromatic carbocycles. The quantitative estimate of drug-likeness (QED) is 0.135. The summed E-state index contributed by atoms with van der Waals surface area (Å²) >= 11 is 12.9. The van der Waals surface area contributed by atoms with Crippen molar-refractivity contribution in [2.45, 2.75) is 183 Å². The van der Waals surface area contributed by atoms with E-state index in [-0.39, 0.29) is 78.6 Å². The molecule has 508 valence electrons. The summed E-state index contributed by atoms with van der Waals surface area (Å²) in [6.07, 6.45) is 12.4. The van der Waals surface area contributed by atoms with Crippen LogP contribution in [0.1, 0.15) is 134 Å². The van der Waals surface area contributed by atoms with E-state index in [9.17, 15) is 23.6 Å². The molecule has 21 nitrogen and oxygen atoms in total. The first kappa shape index (κ1) is 72.3. The Morgan fingerprint density at radius 1 is 0.547 bits per heavy atom. The van der Waals surface area contributed by atoms with Crippen molar-refractivity contribution in [1.82, 2.24) is 69.9 Å². The summed E-state index contributed by atoms with van der Waals surface area (Å²) in [7, 11) is 2.12. The van der Waals surface area contributed by atoms with Crippen molar-refractivity contribution in [2.24, 2.45) is 0 Å². The Bertz CT molecular complexity index is 3920. The summed E-state index contributed by atoms with van der Waals surface area (Å²) < 4.78 is 33.6. The maximum absolute atomic E-state index is 14.7. The highest BCUT2D eigenvalue weighted by molar-refractivity contribution is 7.18. The topological polar surface area (TPSA) is 217 Å². The van der Waals surface area contributed by atoms with Crippen LogP contribution in [0.15, 0.2) is 73.4 Å². The van der Waals surface area contributed by atoms with Crippen LogP contribution in [0.3, 0.4) is 0 Å². The maximum Gasteiger partial charge on any atom is 0.220 e. The summed E-state index contributed by atoms with van der Waals surface area (Å²) in [6.45, 7) is 25.0. The third-order valence-electron chi connectivity index (χ3n) is 18.3. The molecule has 0 unspecified atom stereocenters. The number of carbonyl (C=O) groups is 4. The summed E-state index contributed by atoms with van der Waals surface area (Å²) in [5, 5.41) is 8.60. The van der Waals surface area contributed by atoms with E-state index in [0.29, 0.717) is 111 Å². The molecular weight excluding hydrogens is 1320 g/mol. The number of pyridine rings is 5. The number of hydrogen-bond donors (Lipinski definition) is 2. The molecule has 0 bridgehead atoms. The zero-order valence-corrected chi connectivity index (χ0v) is 59.0. The second kappa shape index (κ2) is 32.0. The van der Waals surface area contributed by atoms with Gasteiger partial charge >= 0.3 is 0 Å². The van der Waals surface area contributed by atoms with E-state index in [4.69, 9.17) is 37.4 Å². The molecule has 27 heteroatoms. The van der Waals surface area contributed by atoms with Crippen molar-refractivity contribution in [3.05, 3.63) is 156 Å². The number of amides is 4. The van der Waals surface area contributed by atoms with Crippen LogP contribution >= 0.6 is 59.4 Å². The van der Waals surface area contributed by atoms with E-state index < -0.39 is 0 Å². The predicted molar refractivity (Wildman–Crippen MR) is 367 cm³/mol. The minimum atomic E-state index is -0.178. The first-order valence-electron chi connectivity index (χ1n) is 31.7. The van der Waals surface area contributed by atoms with E-state index in [1.807, 2.05) is 77.9 Å². The molecule has 4 amide bonds. The van der Waals surface area contributed by atoms with Gasteiger partial charge < -0.3 is 44.4 Å². The lowest BCUT2D eigenvalue weighted by Gasteiger charge is -2.21. The molecule has 15 rings (SSSR count). The molecule has 0 spiro atoms. The number of aryl methyl sites for hydroxylation is 1. The van der Waals surface area contributed by atoms with Crippen LogP contribution in [0.4, 0.5) is 4.39 Å². The molecule has 8 aliphatic rings. The molecule has 0 radical (unpaired) electrons. The molecule has 2 N–H and O–H groups in total. The Morgan fingerprint density at radius 3 is 1.43 bits per heavy atom. The molecule has 95 heavy (non-hydrogen) atoms. The molecule has 6 atom stereocenters. The number of halogens is 5. The lowest BCUT2D eigenvalue weighted by molar-refractivity contribution is -0.130. The number of likely N-dealkylation sites (tertiary alicyclic amines) is 2. The van der Waals surface area contributed by atoms with Crippen molar-refractivity contribution >= 4 is 93.2 Å². The molecule has 7 aromatic rings. The van der Waals surface area contributed by atoms with Gasteiger partial charge in [0.15, 0.2) is 0 Å². The Kier molecular flexibility index (Phi) is 24.3. The maximum atomic E-state index is 14.7. The van der Waals surface area contributed by atoms with Gasteiger partial charge in [-0.3, -0.25) is 29.0 Å². The van der Waals surface area contributed by atoms with Crippen LogP contribution in [0.25, 0.3) is 10.2 Å². The van der Waals surface area contributed by atoms with Crippen molar-refractivity contribution in [3.8, 4) is 17.6 Å². The standard InChI is InChI=1S/C23H25FN4O2S.C15H21N3O2.C14H19N3O2.C9H9ClN2O.C7H7ClN2.2ClH/c1-13-4-19(30-23-6-16-9-28(15(3)29)11-18(16)8-25-23)12-27(13)10-17-5-21-22(7-20(17)24)31-14(2)26-21;1-10-4-14(9-17(10)3)20-15-5-12-7-18(11(2)19)8-13(12)6-16-15;1-9-3-13(6-15-9)19-14-4-11-7-17(10(2)18)8-12(11)5-16-14;1-6(13)12-4-7-2-9(10)11-3-8(7)5-12;8-7-1-5-2-9-3-6(5)4-10-7;;/h5-8,13,19H,4,9-12H2,1-3H3;5-6,10,14H,4,7-9H2,1-3H3;4-5,9,13,15H,3,6-8H2,1-2H3;2-3H,4-5H2,1H3;1,4,9H,2-3H2;2*1H/t13-,19+;10-,14+;9-,13+;;;;/m000..../s1. The number of nitrogens with zero attached hydrogens (tertiary/aromatic N) is 12. The number of hydrogen-bond acceptors (Lipinski definition) is 18. The predicted octanol–water partition coefficient (Wildman–Crippen LogP) is 10.3. The van der Waals surface area contributed by atoms with Crippen LogP contribution in [0.5, 0.6) is 17.6 Å². The number of benzene rings is 1. The average molecular weight is 1400 g/mol. The van der Waals surface area contributed by atoms with Gasteiger partial charge in [0, 0.05) is 211 Å². The van der Waals surface area contributed by atoms with Gasteiger partial charge in [-0.05, 0) is 115 Å². The van der Waals surface area contributed by atoms with E-state index in [0.717, 1.165) is 105 Å². The monoisotopic (exact) mass is 1400 g/mol. The largest absolute Gasteiger partial charge is 0.473 e. The Labute approximate surface area is 580 Å². The Morgan fingerprint density at radius 2 is 0.968 bits per heavy atom. The number of fused-ring (bicyclic) bond motifs is 6. The summed E-state index contributed by atoms with van der Waals surface area (Å²) in [5.74, 6) is 2.13. The number of ether oxygens (including phenoxy) is 3. The number of nitrogens with one attached hydrogen (secondary N) is 2. The number of rotatable bonds is 8. The van der Waals surface area contributed by atoms with E-state index >= 15 is 0 Å². The molecule has 3 saturated heterocycles. The third kappa shape index (κ3) is 18.4. The highest BCUT2D eigenvalue weighted by Crippen LogP contribution is 2.33. The van der Waals surface area contributed by atoms with Gasteiger partial charge in [-0.1, -0.05) is 23.2 Å². The third-order valence-corrected chi connectivity index (χ3v) is 19.6. The number of aromatic nitrogens is 6. The lowest BCUT2D eigenvalue weighted by Crippen LogP contribution is -2.28. The van der Waals surface area contributed by atoms with Crippen molar-refractivity contribution < 1.29 is 37.8 Å². The van der Waals surface area contributed by atoms with Gasteiger partial charge in [0.1, 0.15) is 34.4 Å². The fourth-order valence-electron chi connectivity index (χ4n) is 12.8. The number of carbonyl (C=O) groups excluding carboxylic acids is 4. The number of thiazole rings is 1. The molecular formula is C68H83Cl4FN14O7S. The molecule has 0 saturated carbocycles. The molecule has 8 aliphatic heterocycles. The lowest BCUT2D eigenvalue weighted by atomic mass is 10.1. The Balaban J connectivity index is 0.000000146. The SMILES string of the molecule is CC(=O)N1Cc2cnc(Cl)cc2C1.CC(=O)N1Cc2cnc(O[C@@H]3C[C@H](C)N(C)C3)cc2C1.CC(=O)N1Cc2cnc(O[C@@H]3C[C@H](C)N(Cc4cc5nc(C)sc5cc4F)C3)cc2C1.CC(=O)N1Cc2cnc(O[C@H]3CN[C@@H](C)C3)cc2C1.Cl.Cl.Clc1cc2c(cn1)CNC2. The summed E-state index contributed by atoms with van der Waals surface area (Å²) in [5.41, 5.74) is 13.0. The van der Waals surface area contributed by atoms with Gasteiger partial charge in [0.25, 0.3) is 0 Å². The highest BCUT2D eigenvalue weighted by Gasteiger charge is 2.34. The zero-order chi connectivity index (χ0) is 65.8. The van der Waals surface area contributed by atoms with Gasteiger partial charge in [0.2, 0.25) is 41.3 Å². The first-order chi connectivity index (χ1) is 44.5. The van der Waals surface area contributed by atoms with Crippen LogP contribution in [-0.2, 0) is 91.2 Å². The summed E-state index contributed by atoms with van der Waals surface area (Å²) in [6, 6.07) is 14.5. The van der Waals surface area contributed by atoms with Crippen molar-refractivity contribution in [2.75, 3.05) is 26.7 Å². The van der Waals surface area contributed by atoms with E-state index in [1.165, 1.54) is 22.5 Å². The van der Waals surface area contributed by atoms with Gasteiger partial charge in [0.05, 0.1) is 15.2 Å². The first-order valence-corrected chi connectivity index (χ1v) is 33.3. The smallest absolute Gasteiger partial charge is 0.220 e. The molecule has 0 aliphatic carbocycles. The molecule has 3 fully saturated rings. The van der Waals surface area contributed by atoms with E-state index in [1.54, 1.807) is 49.8 Å². The average Bonchev–Trinajstić information content (AvgIpc) is 1.72. The molecule has 14 heterocycles. The van der Waals surface area contributed by atoms with Gasteiger partial charge in [-0.2, -0.15) is 0 Å². The van der Waals surface area contributed by atoms with Crippen molar-refractivity contribution in [3.63, 3.8) is 0 Å². The fraction of sp³-hybridized carbons (Fsp3) is 0.471. The van der Waals surface area contributed by atoms with Crippen LogP contribution < -0.4 is 24.8 Å².